The topological polar surface area (TPSA) is 95.1 Å². The Morgan fingerprint density at radius 1 is 1.44 bits per heavy atom. The number of pyridine rings is 2. The van der Waals surface area contributed by atoms with Gasteiger partial charge in [-0.3, -0.25) is 19.6 Å². The zero-order valence-electron chi connectivity index (χ0n) is 8.98. The SMILES string of the molecule is O=C(Nc1ccncc1Br)c1cc(O)[nH]c(=O)c1. The molecule has 0 aliphatic heterocycles. The van der Waals surface area contributed by atoms with Crippen LogP contribution in [0.25, 0.3) is 0 Å². The molecule has 0 bridgehead atoms. The molecule has 0 atom stereocenters. The summed E-state index contributed by atoms with van der Waals surface area (Å²) in [5, 5.41) is 11.8. The van der Waals surface area contributed by atoms with Crippen LogP contribution in [0, 0.1) is 0 Å². The summed E-state index contributed by atoms with van der Waals surface area (Å²) in [5.41, 5.74) is 0.0451. The lowest BCUT2D eigenvalue weighted by molar-refractivity contribution is 0.102. The van der Waals surface area contributed by atoms with Gasteiger partial charge in [-0.05, 0) is 22.0 Å². The van der Waals surface area contributed by atoms with Gasteiger partial charge in [-0.15, -0.1) is 0 Å². The van der Waals surface area contributed by atoms with Crippen molar-refractivity contribution in [1.29, 1.82) is 0 Å². The lowest BCUT2D eigenvalue weighted by Crippen LogP contribution is -2.16. The molecule has 2 rings (SSSR count). The number of H-pyrrole nitrogens is 1. The van der Waals surface area contributed by atoms with Crippen molar-refractivity contribution >= 4 is 27.5 Å². The Morgan fingerprint density at radius 2 is 2.22 bits per heavy atom. The highest BCUT2D eigenvalue weighted by molar-refractivity contribution is 9.10. The molecule has 2 heterocycles. The summed E-state index contributed by atoms with van der Waals surface area (Å²) in [4.78, 5) is 29.0. The Labute approximate surface area is 110 Å². The van der Waals surface area contributed by atoms with Crippen LogP contribution in [0.2, 0.25) is 0 Å². The van der Waals surface area contributed by atoms with Crippen LogP contribution in [-0.2, 0) is 0 Å². The number of anilines is 1. The normalized spacial score (nSPS) is 10.1. The summed E-state index contributed by atoms with van der Waals surface area (Å²) in [6.07, 6.45) is 3.06. The van der Waals surface area contributed by atoms with E-state index in [0.29, 0.717) is 10.2 Å². The first-order valence-electron chi connectivity index (χ1n) is 4.90. The maximum atomic E-state index is 11.9. The number of nitrogens with one attached hydrogen (secondary N) is 2. The van der Waals surface area contributed by atoms with Crippen LogP contribution in [0.5, 0.6) is 5.88 Å². The molecular weight excluding hydrogens is 302 g/mol. The second kappa shape index (κ2) is 5.01. The van der Waals surface area contributed by atoms with Crippen molar-refractivity contribution in [3.05, 3.63) is 51.0 Å². The minimum absolute atomic E-state index is 0.0694. The largest absolute Gasteiger partial charge is 0.494 e. The monoisotopic (exact) mass is 309 g/mol. The standard InChI is InChI=1S/C11H8BrN3O3/c12-7-5-13-2-1-8(7)14-11(18)6-3-9(16)15-10(17)4-6/h1-5H,(H,13,14,18)(H2,15,16,17). The second-order valence-corrected chi connectivity index (χ2v) is 4.28. The van der Waals surface area contributed by atoms with Crippen LogP contribution in [0.3, 0.4) is 0 Å². The summed E-state index contributed by atoms with van der Waals surface area (Å²) in [7, 11) is 0. The fourth-order valence-electron chi connectivity index (χ4n) is 1.33. The Balaban J connectivity index is 2.28. The smallest absolute Gasteiger partial charge is 0.256 e. The highest BCUT2D eigenvalue weighted by Crippen LogP contribution is 2.20. The van der Waals surface area contributed by atoms with Crippen molar-refractivity contribution < 1.29 is 9.90 Å². The molecule has 3 N–H and O–H groups in total. The number of hydrogen-bond donors (Lipinski definition) is 3. The van der Waals surface area contributed by atoms with Crippen molar-refractivity contribution in [1.82, 2.24) is 9.97 Å². The molecule has 0 radical (unpaired) electrons. The third-order valence-electron chi connectivity index (χ3n) is 2.11. The number of rotatable bonds is 2. The highest BCUT2D eigenvalue weighted by atomic mass is 79.9. The van der Waals surface area contributed by atoms with Crippen molar-refractivity contribution in [3.63, 3.8) is 0 Å². The van der Waals surface area contributed by atoms with E-state index in [1.807, 2.05) is 0 Å². The minimum atomic E-state index is -0.547. The number of aromatic nitrogens is 2. The number of halogens is 1. The highest BCUT2D eigenvalue weighted by Gasteiger charge is 2.10. The summed E-state index contributed by atoms with van der Waals surface area (Å²) < 4.78 is 0.618. The fraction of sp³-hybridized carbons (Fsp3) is 0. The number of amides is 1. The molecule has 1 amide bonds. The lowest BCUT2D eigenvalue weighted by atomic mass is 10.2. The van der Waals surface area contributed by atoms with E-state index in [1.54, 1.807) is 6.07 Å². The molecule has 0 saturated heterocycles. The number of carbonyl (C=O) groups is 1. The van der Waals surface area contributed by atoms with Gasteiger partial charge < -0.3 is 10.4 Å². The van der Waals surface area contributed by atoms with E-state index < -0.39 is 11.5 Å². The first kappa shape index (κ1) is 12.3. The molecule has 0 aliphatic carbocycles. The van der Waals surface area contributed by atoms with Gasteiger partial charge >= 0.3 is 0 Å². The Bertz CT molecular complexity index is 654. The van der Waals surface area contributed by atoms with E-state index in [-0.39, 0.29) is 11.4 Å². The Morgan fingerprint density at radius 3 is 2.89 bits per heavy atom. The maximum absolute atomic E-state index is 11.9. The first-order valence-corrected chi connectivity index (χ1v) is 5.70. The molecule has 0 aliphatic rings. The molecule has 0 spiro atoms. The van der Waals surface area contributed by atoms with Crippen molar-refractivity contribution in [2.24, 2.45) is 0 Å². The van der Waals surface area contributed by atoms with Crippen LogP contribution in [0.4, 0.5) is 5.69 Å². The molecule has 18 heavy (non-hydrogen) atoms. The van der Waals surface area contributed by atoms with Crippen LogP contribution in [0.1, 0.15) is 10.4 Å². The van der Waals surface area contributed by atoms with E-state index >= 15 is 0 Å². The number of nitrogens with zero attached hydrogens (tertiary/aromatic N) is 1. The molecular formula is C11H8BrN3O3. The van der Waals surface area contributed by atoms with Gasteiger partial charge in [0.2, 0.25) is 0 Å². The maximum Gasteiger partial charge on any atom is 0.256 e. The lowest BCUT2D eigenvalue weighted by Gasteiger charge is -2.06. The van der Waals surface area contributed by atoms with Gasteiger partial charge in [0.1, 0.15) is 0 Å². The van der Waals surface area contributed by atoms with Crippen LogP contribution < -0.4 is 10.9 Å². The number of aromatic amines is 1. The quantitative estimate of drug-likeness (QED) is 0.783. The average molecular weight is 310 g/mol. The number of hydrogen-bond acceptors (Lipinski definition) is 4. The van der Waals surface area contributed by atoms with Gasteiger partial charge in [0, 0.05) is 24.5 Å². The molecule has 2 aromatic rings. The van der Waals surface area contributed by atoms with Gasteiger partial charge in [0.15, 0.2) is 5.88 Å². The number of aromatic hydroxyl groups is 1. The minimum Gasteiger partial charge on any atom is -0.494 e. The number of carbonyl (C=O) groups excluding carboxylic acids is 1. The zero-order valence-corrected chi connectivity index (χ0v) is 10.6. The summed E-state index contributed by atoms with van der Waals surface area (Å²) in [5.74, 6) is -0.857. The zero-order chi connectivity index (χ0) is 13.1. The van der Waals surface area contributed by atoms with E-state index in [4.69, 9.17) is 0 Å². The third-order valence-corrected chi connectivity index (χ3v) is 2.74. The van der Waals surface area contributed by atoms with Crippen molar-refractivity contribution in [3.8, 4) is 5.88 Å². The van der Waals surface area contributed by atoms with Gasteiger partial charge in [-0.1, -0.05) is 0 Å². The Hall–Kier alpha value is -2.15. The summed E-state index contributed by atoms with van der Waals surface area (Å²) in [6, 6.07) is 3.88. The van der Waals surface area contributed by atoms with Gasteiger partial charge in [-0.25, -0.2) is 0 Å². The van der Waals surface area contributed by atoms with Gasteiger partial charge in [0.05, 0.1) is 15.7 Å². The predicted molar refractivity (Wildman–Crippen MR) is 68.6 cm³/mol. The second-order valence-electron chi connectivity index (χ2n) is 3.43. The summed E-state index contributed by atoms with van der Waals surface area (Å²) >= 11 is 3.23. The molecule has 2 aromatic heterocycles. The molecule has 92 valence electrons. The van der Waals surface area contributed by atoms with Gasteiger partial charge in [-0.2, -0.15) is 0 Å². The van der Waals surface area contributed by atoms with Crippen molar-refractivity contribution in [2.45, 2.75) is 0 Å². The molecule has 6 nitrogen and oxygen atoms in total. The van der Waals surface area contributed by atoms with Crippen molar-refractivity contribution in [2.75, 3.05) is 5.32 Å². The summed E-state index contributed by atoms with van der Waals surface area (Å²) in [6.45, 7) is 0. The first-order chi connectivity index (χ1) is 8.56. The van der Waals surface area contributed by atoms with Crippen LogP contribution >= 0.6 is 15.9 Å². The van der Waals surface area contributed by atoms with Gasteiger partial charge in [0.25, 0.3) is 11.5 Å². The van der Waals surface area contributed by atoms with E-state index in [1.165, 1.54) is 18.5 Å². The fourth-order valence-corrected chi connectivity index (χ4v) is 1.68. The molecule has 0 aromatic carbocycles. The van der Waals surface area contributed by atoms with E-state index in [0.717, 1.165) is 6.07 Å². The van der Waals surface area contributed by atoms with Crippen LogP contribution in [0.15, 0.2) is 39.9 Å². The molecule has 0 fully saturated rings. The molecule has 0 saturated carbocycles. The van der Waals surface area contributed by atoms with E-state index in [2.05, 4.69) is 31.2 Å². The predicted octanol–water partition coefficient (Wildman–Crippen LogP) is 1.49. The third kappa shape index (κ3) is 2.75. The van der Waals surface area contributed by atoms with E-state index in [9.17, 15) is 14.7 Å². The Kier molecular flexibility index (Phi) is 3.42. The average Bonchev–Trinajstić information content (AvgIpc) is 2.31. The molecule has 0 unspecified atom stereocenters. The molecule has 7 heteroatoms. The van der Waals surface area contributed by atoms with Crippen LogP contribution in [-0.4, -0.2) is 21.0 Å².